The van der Waals surface area contributed by atoms with Gasteiger partial charge in [-0.3, -0.25) is 43.3 Å². The number of amides is 4. The summed E-state index contributed by atoms with van der Waals surface area (Å²) in [6, 6.07) is 60.5. The zero-order valence-electron chi connectivity index (χ0n) is 61.3. The molecule has 111 heavy (non-hydrogen) atoms. The molecule has 2 atom stereocenters. The number of benzene rings is 8. The minimum absolute atomic E-state index is 0.0480. The first-order chi connectivity index (χ1) is 54.1. The van der Waals surface area contributed by atoms with Crippen LogP contribution < -0.4 is 21.3 Å². The van der Waals surface area contributed by atoms with Gasteiger partial charge in [0.05, 0.1) is 79.3 Å². The summed E-state index contributed by atoms with van der Waals surface area (Å²) in [4.78, 5) is 134. The monoisotopic (exact) mass is 1470 g/mol. The van der Waals surface area contributed by atoms with Gasteiger partial charge in [-0.1, -0.05) is 127 Å². The number of hydrogen-bond acceptors (Lipinski definition) is 15. The first-order valence-corrected chi connectivity index (χ1v) is 37.2. The SMILES string of the molecule is CCOC(=O)C1(C(=O)OCC)Cc2cccc(c2)C(=O)Nc2ccccc2C2=C3C=CC(=N3)C3c4ccccc4NC(=O)c4cccc(c4)CC(C(=O)OCC)(C(=O)OCC)Cc4cccc(c4)C(=O)Nc4ccccc4/C4=C5\C=CC3N5Cn3c2ccc3/C(=C2/C=CC4=N2)c2ccccc2NC(=O)c2cccc(c2)C1. The van der Waals surface area contributed by atoms with Crippen LogP contribution in [0.4, 0.5) is 22.7 Å². The molecule has 7 aliphatic rings. The van der Waals surface area contributed by atoms with Crippen LogP contribution in [0.1, 0.15) is 131 Å². The average molecular weight is 1470 g/mol. The number of fused-ring (bicyclic) bond motifs is 20. The lowest BCUT2D eigenvalue weighted by Gasteiger charge is -2.38. The van der Waals surface area contributed by atoms with Gasteiger partial charge in [-0.05, 0) is 197 Å². The van der Waals surface area contributed by atoms with Crippen LogP contribution in [0.3, 0.4) is 0 Å². The first-order valence-electron chi connectivity index (χ1n) is 37.2. The van der Waals surface area contributed by atoms with Crippen molar-refractivity contribution in [1.29, 1.82) is 0 Å². The number of allylic oxidation sites excluding steroid dienone is 6. The molecule has 16 rings (SSSR count). The van der Waals surface area contributed by atoms with Gasteiger partial charge in [0.25, 0.3) is 23.6 Å². The number of carbonyl (C=O) groups excluding carboxylic acids is 8. The van der Waals surface area contributed by atoms with Crippen LogP contribution >= 0.6 is 0 Å². The summed E-state index contributed by atoms with van der Waals surface area (Å²) in [6.45, 7) is 6.52. The lowest BCUT2D eigenvalue weighted by molar-refractivity contribution is -0.173. The molecule has 4 amide bonds. The van der Waals surface area contributed by atoms with E-state index in [1.165, 1.54) is 0 Å². The van der Waals surface area contributed by atoms with Crippen molar-refractivity contribution in [1.82, 2.24) is 9.47 Å². The first kappa shape index (κ1) is 71.6. The minimum Gasteiger partial charge on any atom is -0.465 e. The van der Waals surface area contributed by atoms with Crippen LogP contribution in [0.15, 0.2) is 270 Å². The Hall–Kier alpha value is -13.6. The number of hydrogen-bond donors (Lipinski definition) is 4. The van der Waals surface area contributed by atoms with Crippen molar-refractivity contribution in [3.8, 4) is 0 Å². The number of anilines is 4. The van der Waals surface area contributed by atoms with Crippen molar-refractivity contribution in [2.45, 2.75) is 72.0 Å². The number of rotatable bonds is 8. The number of ether oxygens (including phenoxy) is 4. The van der Waals surface area contributed by atoms with Crippen molar-refractivity contribution in [2.75, 3.05) is 47.7 Å². The molecule has 22 bridgehead atoms. The van der Waals surface area contributed by atoms with Gasteiger partial charge in [-0.2, -0.15) is 0 Å². The van der Waals surface area contributed by atoms with Crippen LogP contribution in [-0.2, 0) is 70.5 Å². The highest BCUT2D eigenvalue weighted by Gasteiger charge is 2.51. The smallest absolute Gasteiger partial charge is 0.324 e. The van der Waals surface area contributed by atoms with Gasteiger partial charge in [0.15, 0.2) is 10.8 Å². The molecule has 1 aromatic heterocycles. The van der Waals surface area contributed by atoms with Crippen LogP contribution in [0.25, 0.3) is 16.7 Å². The summed E-state index contributed by atoms with van der Waals surface area (Å²) >= 11 is 0. The quantitative estimate of drug-likeness (QED) is 0.0628. The van der Waals surface area contributed by atoms with Gasteiger partial charge in [0.2, 0.25) is 0 Å². The van der Waals surface area contributed by atoms with Crippen molar-refractivity contribution in [3.05, 3.63) is 338 Å². The van der Waals surface area contributed by atoms with E-state index in [0.29, 0.717) is 124 Å². The Kier molecular flexibility index (Phi) is 19.3. The molecule has 20 nitrogen and oxygen atoms in total. The van der Waals surface area contributed by atoms with Crippen molar-refractivity contribution in [3.63, 3.8) is 0 Å². The molecule has 0 fully saturated rings. The van der Waals surface area contributed by atoms with Gasteiger partial charge in [-0.25, -0.2) is 4.99 Å². The van der Waals surface area contributed by atoms with E-state index in [1.54, 1.807) is 125 Å². The normalized spacial score (nSPS) is 19.2. The lowest BCUT2D eigenvalue weighted by Crippen LogP contribution is -2.46. The Bertz CT molecular complexity index is 5670. The molecular weight excluding hydrogens is 1400 g/mol. The Labute approximate surface area is 640 Å². The van der Waals surface area contributed by atoms with Crippen LogP contribution in [-0.4, -0.2) is 101 Å². The maximum Gasteiger partial charge on any atom is 0.324 e. The van der Waals surface area contributed by atoms with Gasteiger partial charge in [0.1, 0.15) is 0 Å². The molecule has 9 aromatic rings. The van der Waals surface area contributed by atoms with Crippen LogP contribution in [0, 0.1) is 10.8 Å². The fourth-order valence-electron chi connectivity index (χ4n) is 16.2. The third-order valence-electron chi connectivity index (χ3n) is 21.2. The van der Waals surface area contributed by atoms with Gasteiger partial charge < -0.3 is 49.7 Å². The van der Waals surface area contributed by atoms with Crippen LogP contribution in [0.5, 0.6) is 0 Å². The highest BCUT2D eigenvalue weighted by Crippen LogP contribution is 2.49. The van der Waals surface area contributed by atoms with Crippen molar-refractivity contribution < 1.29 is 57.3 Å². The topological polar surface area (TPSA) is 254 Å². The van der Waals surface area contributed by atoms with E-state index in [1.807, 2.05) is 133 Å². The highest BCUT2D eigenvalue weighted by atomic mass is 16.6. The summed E-state index contributed by atoms with van der Waals surface area (Å²) in [5.74, 6) is -6.03. The third-order valence-corrected chi connectivity index (χ3v) is 21.2. The molecule has 0 saturated carbocycles. The summed E-state index contributed by atoms with van der Waals surface area (Å²) in [5, 5.41) is 13.1. The molecule has 8 aromatic carbocycles. The zero-order chi connectivity index (χ0) is 76.7. The summed E-state index contributed by atoms with van der Waals surface area (Å²) in [5.41, 5.74) is 8.91. The predicted molar refractivity (Wildman–Crippen MR) is 424 cm³/mol. The number of para-hydroxylation sites is 4. The van der Waals surface area contributed by atoms with Gasteiger partial charge in [-0.15, -0.1) is 0 Å². The predicted octanol–water partition coefficient (Wildman–Crippen LogP) is 14.9. The Morgan fingerprint density at radius 1 is 0.405 bits per heavy atom. The molecule has 0 spiro atoms. The molecule has 0 radical (unpaired) electrons. The largest absolute Gasteiger partial charge is 0.465 e. The molecule has 0 saturated heterocycles. The van der Waals surface area contributed by atoms with E-state index in [9.17, 15) is 19.2 Å². The van der Waals surface area contributed by atoms with Crippen LogP contribution in [0.2, 0.25) is 0 Å². The Morgan fingerprint density at radius 3 is 1.20 bits per heavy atom. The van der Waals surface area contributed by atoms with Gasteiger partial charge in [0, 0.05) is 84.1 Å². The highest BCUT2D eigenvalue weighted by molar-refractivity contribution is 6.33. The fourth-order valence-corrected chi connectivity index (χ4v) is 16.2. The second-order valence-corrected chi connectivity index (χ2v) is 28.0. The zero-order valence-corrected chi connectivity index (χ0v) is 61.3. The molecule has 4 N–H and O–H groups in total. The number of nitrogens with zero attached hydrogens (tertiary/aromatic N) is 4. The third kappa shape index (κ3) is 13.3. The van der Waals surface area contributed by atoms with E-state index in [-0.39, 0.29) is 81.0 Å². The van der Waals surface area contributed by atoms with E-state index >= 15 is 19.2 Å². The second kappa shape index (κ2) is 29.9. The number of aliphatic imine (C=N–C) groups is 2. The number of esters is 4. The maximum atomic E-state index is 15.4. The number of nitrogens with one attached hydrogen (secondary N) is 4. The van der Waals surface area contributed by atoms with E-state index in [4.69, 9.17) is 28.9 Å². The number of carbonyl (C=O) groups is 8. The summed E-state index contributed by atoms with van der Waals surface area (Å²) in [7, 11) is 0. The molecule has 8 heterocycles. The van der Waals surface area contributed by atoms with Crippen molar-refractivity contribution >= 4 is 98.4 Å². The second-order valence-electron chi connectivity index (χ2n) is 28.0. The Balaban J connectivity index is 0.961. The van der Waals surface area contributed by atoms with E-state index < -0.39 is 70.3 Å². The van der Waals surface area contributed by atoms with E-state index in [2.05, 4.69) is 42.9 Å². The molecule has 7 aliphatic heterocycles. The Morgan fingerprint density at radius 2 is 0.775 bits per heavy atom. The molecule has 20 heteroatoms. The molecule has 0 aliphatic carbocycles. The van der Waals surface area contributed by atoms with Crippen molar-refractivity contribution in [2.24, 2.45) is 20.8 Å². The standard InChI is InChI=1S/C91H76N8O12/c1-5-108-86(104)90(87(105)109-6-2)49-54-21-17-25-58(45-54)82(100)94-66-33-13-9-29-62(66)78-70-37-39-72(92-70)80-64-31-11-15-35-68(64)96-84(102)60-27-19-23-56(47-60)51-91(88(106)110-7-3,89(107)111-8-4)52-57-24-20-28-61(48-57)85(103)97-69-36-16-12-32-65(69)81-73-40-38-71(93-73)79(75-42-41-74(78)98(75)53-99-76(80)43-44-77(81)99)63-30-10-14-34-67(63)95-83(101)59-26-18-22-55(46-59)50-90/h9-48,74,78H,5-8,49-53H2,1-4H3,(H,94,100)(H,95,101)(H,96,102)(H,97,103)/b79-75-,80-72?,81-73-. The summed E-state index contributed by atoms with van der Waals surface area (Å²) in [6.07, 6.45) is 11.1. The van der Waals surface area contributed by atoms with E-state index in [0.717, 1.165) is 0 Å². The lowest BCUT2D eigenvalue weighted by atomic mass is 9.76. The maximum absolute atomic E-state index is 15.4. The molecule has 2 unspecified atom stereocenters. The average Bonchev–Trinajstić information content (AvgIpc) is 1.58. The fraction of sp³-hybridized carbons (Fsp3) is 0.187. The number of aromatic nitrogens is 1. The summed E-state index contributed by atoms with van der Waals surface area (Å²) < 4.78 is 25.2. The molecular formula is C91H76N8O12. The molecule has 552 valence electrons. The minimum atomic E-state index is -1.98. The van der Waals surface area contributed by atoms with Gasteiger partial charge >= 0.3 is 23.9 Å².